The van der Waals surface area contributed by atoms with Crippen molar-refractivity contribution in [2.45, 2.75) is 19.8 Å². The van der Waals surface area contributed by atoms with E-state index in [1.807, 2.05) is 13.8 Å². The summed E-state index contributed by atoms with van der Waals surface area (Å²) in [6.45, 7) is 3.98. The van der Waals surface area contributed by atoms with Crippen LogP contribution in [0.15, 0.2) is 16.5 Å². The number of hydrogen-bond acceptors (Lipinski definition) is 2. The van der Waals surface area contributed by atoms with Crippen molar-refractivity contribution >= 4 is 5.91 Å². The van der Waals surface area contributed by atoms with Crippen LogP contribution in [0, 0.1) is 0 Å². The van der Waals surface area contributed by atoms with E-state index < -0.39 is 5.91 Å². The zero-order valence-corrected chi connectivity index (χ0v) is 6.63. The smallest absolute Gasteiger partial charge is 0.284 e. The van der Waals surface area contributed by atoms with Gasteiger partial charge in [0.05, 0.1) is 0 Å². The zero-order chi connectivity index (χ0) is 8.43. The molecule has 0 bridgehead atoms. The van der Waals surface area contributed by atoms with E-state index in [-0.39, 0.29) is 5.76 Å². The zero-order valence-electron chi connectivity index (χ0n) is 6.63. The van der Waals surface area contributed by atoms with Gasteiger partial charge in [-0.1, -0.05) is 13.8 Å². The molecule has 0 spiro atoms. The molecule has 0 aliphatic carbocycles. The molecule has 0 radical (unpaired) electrons. The first kappa shape index (κ1) is 7.85. The molecule has 2 N–H and O–H groups in total. The molecule has 0 atom stereocenters. The van der Waals surface area contributed by atoms with E-state index in [4.69, 9.17) is 10.2 Å². The van der Waals surface area contributed by atoms with Gasteiger partial charge in [0.1, 0.15) is 5.76 Å². The van der Waals surface area contributed by atoms with Crippen LogP contribution in [0.1, 0.15) is 36.1 Å². The SMILES string of the molecule is CC(C)c1ccc(C(N)=O)o1. The van der Waals surface area contributed by atoms with Crippen LogP contribution in [0.25, 0.3) is 0 Å². The Labute approximate surface area is 65.2 Å². The highest BCUT2D eigenvalue weighted by Crippen LogP contribution is 2.16. The van der Waals surface area contributed by atoms with Gasteiger partial charge in [0.25, 0.3) is 5.91 Å². The van der Waals surface area contributed by atoms with Crippen LogP contribution in [-0.2, 0) is 0 Å². The first-order chi connectivity index (χ1) is 5.11. The van der Waals surface area contributed by atoms with Gasteiger partial charge in [-0.15, -0.1) is 0 Å². The van der Waals surface area contributed by atoms with Gasteiger partial charge < -0.3 is 10.2 Å². The van der Waals surface area contributed by atoms with E-state index in [9.17, 15) is 4.79 Å². The van der Waals surface area contributed by atoms with Gasteiger partial charge in [-0.05, 0) is 12.1 Å². The fourth-order valence-electron chi connectivity index (χ4n) is 0.796. The van der Waals surface area contributed by atoms with Crippen LogP contribution < -0.4 is 5.73 Å². The number of carbonyl (C=O) groups is 1. The summed E-state index contributed by atoms with van der Waals surface area (Å²) in [5, 5.41) is 0. The topological polar surface area (TPSA) is 56.2 Å². The molecule has 0 aliphatic rings. The monoisotopic (exact) mass is 153 g/mol. The second-order valence-electron chi connectivity index (χ2n) is 2.72. The molecule has 1 aromatic heterocycles. The summed E-state index contributed by atoms with van der Waals surface area (Å²) in [7, 11) is 0. The largest absolute Gasteiger partial charge is 0.456 e. The van der Waals surface area contributed by atoms with Gasteiger partial charge in [-0.2, -0.15) is 0 Å². The van der Waals surface area contributed by atoms with E-state index >= 15 is 0 Å². The number of nitrogens with two attached hydrogens (primary N) is 1. The molecule has 1 aromatic rings. The van der Waals surface area contributed by atoms with Crippen LogP contribution in [0.2, 0.25) is 0 Å². The summed E-state index contributed by atoms with van der Waals surface area (Å²) in [4.78, 5) is 10.6. The molecule has 1 amide bonds. The van der Waals surface area contributed by atoms with Crippen LogP contribution >= 0.6 is 0 Å². The molecule has 3 nitrogen and oxygen atoms in total. The van der Waals surface area contributed by atoms with Gasteiger partial charge in [0.2, 0.25) is 0 Å². The minimum absolute atomic E-state index is 0.230. The van der Waals surface area contributed by atoms with Crippen molar-refractivity contribution in [1.29, 1.82) is 0 Å². The molecule has 60 valence electrons. The van der Waals surface area contributed by atoms with Crippen molar-refractivity contribution in [1.82, 2.24) is 0 Å². The van der Waals surface area contributed by atoms with Crippen LogP contribution in [0.3, 0.4) is 0 Å². The van der Waals surface area contributed by atoms with Crippen molar-refractivity contribution in [2.75, 3.05) is 0 Å². The average Bonchev–Trinajstić information content (AvgIpc) is 2.33. The average molecular weight is 153 g/mol. The lowest BCUT2D eigenvalue weighted by Gasteiger charge is -1.96. The number of amides is 1. The van der Waals surface area contributed by atoms with Crippen molar-refractivity contribution in [2.24, 2.45) is 5.73 Å². The molecule has 3 heteroatoms. The molecule has 0 saturated heterocycles. The standard InChI is InChI=1S/C8H11NO2/c1-5(2)6-3-4-7(11-6)8(9)10/h3-5H,1-2H3,(H2,9,10). The lowest BCUT2D eigenvalue weighted by molar-refractivity contribution is 0.0972. The Morgan fingerprint density at radius 2 is 2.18 bits per heavy atom. The van der Waals surface area contributed by atoms with Crippen LogP contribution in [0.5, 0.6) is 0 Å². The van der Waals surface area contributed by atoms with E-state index in [0.717, 1.165) is 5.76 Å². The van der Waals surface area contributed by atoms with E-state index in [0.29, 0.717) is 5.92 Å². The molecule has 11 heavy (non-hydrogen) atoms. The Morgan fingerprint density at radius 1 is 1.55 bits per heavy atom. The van der Waals surface area contributed by atoms with Crippen LogP contribution in [-0.4, -0.2) is 5.91 Å². The number of rotatable bonds is 2. The lowest BCUT2D eigenvalue weighted by Crippen LogP contribution is -2.09. The van der Waals surface area contributed by atoms with Gasteiger partial charge in [-0.25, -0.2) is 0 Å². The Hall–Kier alpha value is -1.25. The number of hydrogen-bond donors (Lipinski definition) is 1. The summed E-state index contributed by atoms with van der Waals surface area (Å²) >= 11 is 0. The summed E-state index contributed by atoms with van der Waals surface area (Å²) in [6.07, 6.45) is 0. The highest BCUT2D eigenvalue weighted by Gasteiger charge is 2.08. The van der Waals surface area contributed by atoms with Gasteiger partial charge in [-0.3, -0.25) is 4.79 Å². The third-order valence-corrected chi connectivity index (χ3v) is 1.44. The molecule has 0 aliphatic heterocycles. The number of primary amides is 1. The molecular formula is C8H11NO2. The Balaban J connectivity index is 2.90. The molecular weight excluding hydrogens is 142 g/mol. The third kappa shape index (κ3) is 1.61. The van der Waals surface area contributed by atoms with Gasteiger partial charge in [0, 0.05) is 5.92 Å². The molecule has 1 rings (SSSR count). The maximum absolute atomic E-state index is 10.6. The molecule has 0 saturated carbocycles. The van der Waals surface area contributed by atoms with E-state index in [1.165, 1.54) is 0 Å². The predicted molar refractivity (Wildman–Crippen MR) is 41.3 cm³/mol. The van der Waals surface area contributed by atoms with E-state index in [2.05, 4.69) is 0 Å². The predicted octanol–water partition coefficient (Wildman–Crippen LogP) is 1.50. The number of carbonyl (C=O) groups excluding carboxylic acids is 1. The maximum Gasteiger partial charge on any atom is 0.284 e. The molecule has 1 heterocycles. The van der Waals surface area contributed by atoms with E-state index in [1.54, 1.807) is 12.1 Å². The summed E-state index contributed by atoms with van der Waals surface area (Å²) in [5.74, 6) is 0.799. The minimum Gasteiger partial charge on any atom is -0.456 e. The van der Waals surface area contributed by atoms with Crippen molar-refractivity contribution in [3.8, 4) is 0 Å². The first-order valence-corrected chi connectivity index (χ1v) is 3.51. The van der Waals surface area contributed by atoms with Crippen LogP contribution in [0.4, 0.5) is 0 Å². The summed E-state index contributed by atoms with van der Waals surface area (Å²) in [5.41, 5.74) is 4.99. The Morgan fingerprint density at radius 3 is 2.45 bits per heavy atom. The van der Waals surface area contributed by atoms with Crippen molar-refractivity contribution < 1.29 is 9.21 Å². The summed E-state index contributed by atoms with van der Waals surface area (Å²) in [6, 6.07) is 3.36. The molecule has 0 aromatic carbocycles. The second kappa shape index (κ2) is 2.78. The lowest BCUT2D eigenvalue weighted by atomic mass is 10.2. The van der Waals surface area contributed by atoms with Crippen molar-refractivity contribution in [3.05, 3.63) is 23.7 Å². The third-order valence-electron chi connectivity index (χ3n) is 1.44. The quantitative estimate of drug-likeness (QED) is 0.700. The van der Waals surface area contributed by atoms with Crippen molar-refractivity contribution in [3.63, 3.8) is 0 Å². The minimum atomic E-state index is -0.517. The molecule has 0 fully saturated rings. The Kier molecular flexibility index (Phi) is 1.98. The normalized spacial score (nSPS) is 10.5. The number of furan rings is 1. The Bertz CT molecular complexity index is 263. The molecule has 0 unspecified atom stereocenters. The fourth-order valence-corrected chi connectivity index (χ4v) is 0.796. The fraction of sp³-hybridized carbons (Fsp3) is 0.375. The summed E-state index contributed by atoms with van der Waals surface area (Å²) < 4.78 is 5.13. The highest BCUT2D eigenvalue weighted by atomic mass is 16.3. The van der Waals surface area contributed by atoms with Gasteiger partial charge >= 0.3 is 0 Å². The van der Waals surface area contributed by atoms with Gasteiger partial charge in [0.15, 0.2) is 5.76 Å². The first-order valence-electron chi connectivity index (χ1n) is 3.51. The highest BCUT2D eigenvalue weighted by molar-refractivity contribution is 5.89. The second-order valence-corrected chi connectivity index (χ2v) is 2.72. The maximum atomic E-state index is 10.6.